The first-order valence-electron chi connectivity index (χ1n) is 8.57. The molecule has 1 heterocycles. The van der Waals surface area contributed by atoms with E-state index < -0.39 is 5.60 Å². The average molecular weight is 371 g/mol. The van der Waals surface area contributed by atoms with Crippen LogP contribution in [0, 0.1) is 25.2 Å². The Balaban J connectivity index is 2.16. The molecule has 0 aliphatic heterocycles. The molecule has 0 saturated carbocycles. The number of hydrogen-bond acceptors (Lipinski definition) is 4. The second-order valence-electron chi connectivity index (χ2n) is 7.94. The van der Waals surface area contributed by atoms with Crippen LogP contribution in [0.25, 0.3) is 0 Å². The van der Waals surface area contributed by atoms with E-state index in [0.29, 0.717) is 16.3 Å². The fraction of sp³-hybridized carbons (Fsp3) is 0.429. The molecular formula is C21H26N2O2S. The smallest absolute Gasteiger partial charge is 0.268 e. The van der Waals surface area contributed by atoms with Gasteiger partial charge in [0.2, 0.25) is 0 Å². The lowest BCUT2D eigenvalue weighted by molar-refractivity contribution is -0.128. The summed E-state index contributed by atoms with van der Waals surface area (Å²) < 4.78 is 5.92. The van der Waals surface area contributed by atoms with Crippen molar-refractivity contribution in [2.45, 2.75) is 59.5 Å². The fourth-order valence-corrected chi connectivity index (χ4v) is 3.47. The van der Waals surface area contributed by atoms with Crippen molar-refractivity contribution in [3.8, 4) is 11.8 Å². The molecule has 2 aromatic rings. The van der Waals surface area contributed by atoms with Crippen molar-refractivity contribution < 1.29 is 9.53 Å². The monoisotopic (exact) mass is 370 g/mol. The van der Waals surface area contributed by atoms with E-state index in [-0.39, 0.29) is 11.3 Å². The van der Waals surface area contributed by atoms with Crippen LogP contribution in [0.5, 0.6) is 5.75 Å². The second kappa shape index (κ2) is 7.13. The summed E-state index contributed by atoms with van der Waals surface area (Å²) in [7, 11) is 0. The highest BCUT2D eigenvalue weighted by molar-refractivity contribution is 7.16. The minimum atomic E-state index is -1.07. The maximum atomic E-state index is 12.7. The quantitative estimate of drug-likeness (QED) is 0.791. The SMILES string of the molecule is Cc1sc(NC(=O)C(C)(C)Oc2ccc(C(C)(C)C)cc2)c(C#N)c1C. The number of hydrogen-bond donors (Lipinski definition) is 1. The summed E-state index contributed by atoms with van der Waals surface area (Å²) in [5, 5.41) is 12.8. The molecule has 26 heavy (non-hydrogen) atoms. The summed E-state index contributed by atoms with van der Waals surface area (Å²) in [6.45, 7) is 13.7. The van der Waals surface area contributed by atoms with Gasteiger partial charge in [-0.1, -0.05) is 32.9 Å². The Labute approximate surface area is 159 Å². The van der Waals surface area contributed by atoms with E-state index in [1.165, 1.54) is 16.9 Å². The Kier molecular flexibility index (Phi) is 5.48. The number of ether oxygens (including phenoxy) is 1. The first kappa shape index (κ1) is 20.0. The molecule has 0 radical (unpaired) electrons. The molecule has 138 valence electrons. The molecule has 2 rings (SSSR count). The minimum absolute atomic E-state index is 0.0635. The standard InChI is InChI=1S/C21H26N2O2S/c1-13-14(2)26-18(17(13)12-22)23-19(24)21(6,7)25-16-10-8-15(9-11-16)20(3,4)5/h8-11H,1-7H3,(H,23,24). The van der Waals surface area contributed by atoms with E-state index in [9.17, 15) is 10.1 Å². The molecule has 0 aliphatic rings. The van der Waals surface area contributed by atoms with Crippen LogP contribution in [0.4, 0.5) is 5.00 Å². The van der Waals surface area contributed by atoms with E-state index in [1.54, 1.807) is 13.8 Å². The van der Waals surface area contributed by atoms with Crippen LogP contribution >= 0.6 is 11.3 Å². The number of carbonyl (C=O) groups excluding carboxylic acids is 1. The van der Waals surface area contributed by atoms with Crippen molar-refractivity contribution in [2.24, 2.45) is 0 Å². The molecule has 1 amide bonds. The highest BCUT2D eigenvalue weighted by atomic mass is 32.1. The van der Waals surface area contributed by atoms with Crippen LogP contribution in [0.15, 0.2) is 24.3 Å². The predicted molar refractivity (Wildman–Crippen MR) is 107 cm³/mol. The second-order valence-corrected chi connectivity index (χ2v) is 9.16. The maximum absolute atomic E-state index is 12.7. The number of nitrogens with zero attached hydrogens (tertiary/aromatic N) is 1. The summed E-state index contributed by atoms with van der Waals surface area (Å²) >= 11 is 1.41. The zero-order chi connectivity index (χ0) is 19.7. The van der Waals surface area contributed by atoms with Crippen molar-refractivity contribution in [3.05, 3.63) is 45.8 Å². The fourth-order valence-electron chi connectivity index (χ4n) is 2.47. The largest absolute Gasteiger partial charge is 0.478 e. The van der Waals surface area contributed by atoms with Crippen molar-refractivity contribution in [2.75, 3.05) is 5.32 Å². The van der Waals surface area contributed by atoms with Gasteiger partial charge in [-0.15, -0.1) is 11.3 Å². The third kappa shape index (κ3) is 4.25. The molecular weight excluding hydrogens is 344 g/mol. The number of aryl methyl sites for hydroxylation is 1. The number of benzene rings is 1. The van der Waals surface area contributed by atoms with Crippen LogP contribution in [-0.4, -0.2) is 11.5 Å². The van der Waals surface area contributed by atoms with Gasteiger partial charge in [0.05, 0.1) is 5.56 Å². The predicted octanol–water partition coefficient (Wildman–Crippen LogP) is 5.33. The molecule has 0 bridgehead atoms. The summed E-state index contributed by atoms with van der Waals surface area (Å²) in [5.41, 5.74) is 1.63. The first-order chi connectivity index (χ1) is 12.0. The molecule has 1 N–H and O–H groups in total. The van der Waals surface area contributed by atoms with Crippen LogP contribution in [-0.2, 0) is 10.2 Å². The Morgan fingerprint density at radius 1 is 1.12 bits per heavy atom. The number of carbonyl (C=O) groups is 1. The molecule has 0 saturated heterocycles. The van der Waals surface area contributed by atoms with E-state index >= 15 is 0 Å². The third-order valence-electron chi connectivity index (χ3n) is 4.36. The number of rotatable bonds is 4. The normalized spacial score (nSPS) is 11.8. The van der Waals surface area contributed by atoms with E-state index in [2.05, 4.69) is 32.2 Å². The Hall–Kier alpha value is -2.32. The van der Waals surface area contributed by atoms with Gasteiger partial charge in [0.25, 0.3) is 5.91 Å². The maximum Gasteiger partial charge on any atom is 0.268 e. The van der Waals surface area contributed by atoms with Crippen molar-refractivity contribution in [3.63, 3.8) is 0 Å². The van der Waals surface area contributed by atoms with Crippen LogP contribution in [0.3, 0.4) is 0 Å². The lowest BCUT2D eigenvalue weighted by Gasteiger charge is -2.26. The average Bonchev–Trinajstić information content (AvgIpc) is 2.80. The van der Waals surface area contributed by atoms with Gasteiger partial charge in [-0.2, -0.15) is 5.26 Å². The lowest BCUT2D eigenvalue weighted by Crippen LogP contribution is -2.42. The Morgan fingerprint density at radius 3 is 2.19 bits per heavy atom. The molecule has 0 unspecified atom stereocenters. The number of anilines is 1. The summed E-state index contributed by atoms with van der Waals surface area (Å²) in [4.78, 5) is 13.7. The van der Waals surface area contributed by atoms with E-state index in [0.717, 1.165) is 10.4 Å². The van der Waals surface area contributed by atoms with Gasteiger partial charge in [0, 0.05) is 4.88 Å². The molecule has 0 spiro atoms. The highest BCUT2D eigenvalue weighted by Crippen LogP contribution is 2.33. The van der Waals surface area contributed by atoms with Gasteiger partial charge >= 0.3 is 0 Å². The summed E-state index contributed by atoms with van der Waals surface area (Å²) in [6, 6.07) is 9.97. The number of thiophene rings is 1. The molecule has 0 fully saturated rings. The molecule has 5 heteroatoms. The first-order valence-corrected chi connectivity index (χ1v) is 9.38. The number of amides is 1. The van der Waals surface area contributed by atoms with Gasteiger partial charge in [-0.05, 0) is 56.4 Å². The summed E-state index contributed by atoms with van der Waals surface area (Å²) in [5.74, 6) is 0.354. The molecule has 1 aromatic carbocycles. The topological polar surface area (TPSA) is 62.1 Å². The highest BCUT2D eigenvalue weighted by Gasteiger charge is 2.31. The number of nitrogens with one attached hydrogen (secondary N) is 1. The van der Waals surface area contributed by atoms with E-state index in [1.807, 2.05) is 38.1 Å². The van der Waals surface area contributed by atoms with Crippen molar-refractivity contribution >= 4 is 22.2 Å². The Morgan fingerprint density at radius 2 is 1.69 bits per heavy atom. The number of nitriles is 1. The van der Waals surface area contributed by atoms with Crippen LogP contribution in [0.1, 0.15) is 56.2 Å². The zero-order valence-electron chi connectivity index (χ0n) is 16.5. The summed E-state index contributed by atoms with van der Waals surface area (Å²) in [6.07, 6.45) is 0. The Bertz CT molecular complexity index is 850. The minimum Gasteiger partial charge on any atom is -0.478 e. The van der Waals surface area contributed by atoms with Gasteiger partial charge in [-0.25, -0.2) is 0 Å². The van der Waals surface area contributed by atoms with Gasteiger partial charge < -0.3 is 10.1 Å². The molecule has 4 nitrogen and oxygen atoms in total. The van der Waals surface area contributed by atoms with Gasteiger partial charge in [-0.3, -0.25) is 4.79 Å². The zero-order valence-corrected chi connectivity index (χ0v) is 17.3. The molecule has 0 aliphatic carbocycles. The van der Waals surface area contributed by atoms with Crippen molar-refractivity contribution in [1.82, 2.24) is 0 Å². The van der Waals surface area contributed by atoms with E-state index in [4.69, 9.17) is 4.74 Å². The van der Waals surface area contributed by atoms with Gasteiger partial charge in [0.15, 0.2) is 5.60 Å². The van der Waals surface area contributed by atoms with Crippen LogP contribution < -0.4 is 10.1 Å². The van der Waals surface area contributed by atoms with Gasteiger partial charge in [0.1, 0.15) is 16.8 Å². The molecule has 0 atom stereocenters. The third-order valence-corrected chi connectivity index (χ3v) is 5.49. The van der Waals surface area contributed by atoms with Crippen molar-refractivity contribution in [1.29, 1.82) is 5.26 Å². The molecule has 1 aromatic heterocycles. The van der Waals surface area contributed by atoms with Crippen LogP contribution in [0.2, 0.25) is 0 Å². The lowest BCUT2D eigenvalue weighted by atomic mass is 9.87.